The van der Waals surface area contributed by atoms with Gasteiger partial charge in [0.1, 0.15) is 6.61 Å². The summed E-state index contributed by atoms with van der Waals surface area (Å²) in [5, 5.41) is 0. The highest BCUT2D eigenvalue weighted by Crippen LogP contribution is 2.39. The van der Waals surface area contributed by atoms with Crippen molar-refractivity contribution in [3.8, 4) is 11.5 Å². The molecule has 1 amide bonds. The standard InChI is InChI=1S/C25H30N2O3/c1-29-23-18-21-12-15-27(25(28)11-10-20-8-4-2-5-9-20)22(21)19-24(23)30-17-16-26-13-6-3-7-14-26/h2,4-5,8-11,18-19H,3,6-7,12-17H2,1H3/b11-10+. The Kier molecular flexibility index (Phi) is 6.70. The molecule has 0 N–H and O–H groups in total. The summed E-state index contributed by atoms with van der Waals surface area (Å²) in [7, 11) is 1.67. The second-order valence-electron chi connectivity index (χ2n) is 7.87. The van der Waals surface area contributed by atoms with E-state index in [4.69, 9.17) is 9.47 Å². The molecule has 158 valence electrons. The fraction of sp³-hybridized carbons (Fsp3) is 0.400. The number of fused-ring (bicyclic) bond motifs is 1. The zero-order chi connectivity index (χ0) is 20.8. The number of hydrogen-bond acceptors (Lipinski definition) is 4. The van der Waals surface area contributed by atoms with Crippen LogP contribution in [0.5, 0.6) is 11.5 Å². The fourth-order valence-electron chi connectivity index (χ4n) is 4.19. The van der Waals surface area contributed by atoms with Crippen LogP contribution >= 0.6 is 0 Å². The molecule has 0 unspecified atom stereocenters. The van der Waals surface area contributed by atoms with Crippen LogP contribution in [0.3, 0.4) is 0 Å². The van der Waals surface area contributed by atoms with Gasteiger partial charge in [-0.25, -0.2) is 0 Å². The molecule has 0 atom stereocenters. The molecule has 5 heteroatoms. The average Bonchev–Trinajstić information content (AvgIpc) is 3.21. The molecule has 4 rings (SSSR count). The summed E-state index contributed by atoms with van der Waals surface area (Å²) in [5.41, 5.74) is 3.06. The number of amides is 1. The van der Waals surface area contributed by atoms with E-state index < -0.39 is 0 Å². The van der Waals surface area contributed by atoms with Crippen LogP contribution in [0.4, 0.5) is 5.69 Å². The van der Waals surface area contributed by atoms with Crippen molar-refractivity contribution >= 4 is 17.7 Å². The van der Waals surface area contributed by atoms with Crippen molar-refractivity contribution in [3.05, 3.63) is 59.7 Å². The number of ether oxygens (including phenoxy) is 2. The lowest BCUT2D eigenvalue weighted by Gasteiger charge is -2.26. The van der Waals surface area contributed by atoms with Crippen molar-refractivity contribution in [2.75, 3.05) is 44.8 Å². The third-order valence-corrected chi connectivity index (χ3v) is 5.86. The largest absolute Gasteiger partial charge is 0.493 e. The summed E-state index contributed by atoms with van der Waals surface area (Å²) in [5.74, 6) is 1.43. The summed E-state index contributed by atoms with van der Waals surface area (Å²) < 4.78 is 11.6. The smallest absolute Gasteiger partial charge is 0.251 e. The van der Waals surface area contributed by atoms with Gasteiger partial charge in [-0.15, -0.1) is 0 Å². The second kappa shape index (κ2) is 9.81. The predicted molar refractivity (Wildman–Crippen MR) is 120 cm³/mol. The Balaban J connectivity index is 1.45. The molecular weight excluding hydrogens is 376 g/mol. The molecule has 0 bridgehead atoms. The first-order valence-corrected chi connectivity index (χ1v) is 10.9. The SMILES string of the molecule is COc1cc2c(cc1OCCN1CCCCC1)N(C(=O)/C=C/c1ccccc1)CC2. The number of nitrogens with zero attached hydrogens (tertiary/aromatic N) is 2. The average molecular weight is 407 g/mol. The van der Waals surface area contributed by atoms with Gasteiger partial charge >= 0.3 is 0 Å². The van der Waals surface area contributed by atoms with Gasteiger partial charge in [-0.05, 0) is 55.6 Å². The molecule has 5 nitrogen and oxygen atoms in total. The van der Waals surface area contributed by atoms with E-state index in [0.717, 1.165) is 48.6 Å². The van der Waals surface area contributed by atoms with Gasteiger partial charge in [0.2, 0.25) is 0 Å². The van der Waals surface area contributed by atoms with Crippen LogP contribution in [0, 0.1) is 0 Å². The molecule has 1 fully saturated rings. The molecule has 0 spiro atoms. The topological polar surface area (TPSA) is 42.0 Å². The van der Waals surface area contributed by atoms with Crippen molar-refractivity contribution in [1.29, 1.82) is 0 Å². The van der Waals surface area contributed by atoms with Gasteiger partial charge in [0, 0.05) is 25.2 Å². The lowest BCUT2D eigenvalue weighted by atomic mass is 10.1. The summed E-state index contributed by atoms with van der Waals surface area (Å²) in [4.78, 5) is 17.1. The number of methoxy groups -OCH3 is 1. The van der Waals surface area contributed by atoms with Crippen LogP contribution in [-0.4, -0.2) is 50.7 Å². The van der Waals surface area contributed by atoms with Crippen molar-refractivity contribution in [2.45, 2.75) is 25.7 Å². The molecule has 30 heavy (non-hydrogen) atoms. The minimum atomic E-state index is -0.0120. The van der Waals surface area contributed by atoms with Crippen molar-refractivity contribution in [2.24, 2.45) is 0 Å². The first-order chi connectivity index (χ1) is 14.7. The van der Waals surface area contributed by atoms with E-state index in [0.29, 0.717) is 18.9 Å². The van der Waals surface area contributed by atoms with Crippen LogP contribution in [0.15, 0.2) is 48.5 Å². The van der Waals surface area contributed by atoms with E-state index in [1.165, 1.54) is 19.3 Å². The normalized spacial score (nSPS) is 16.6. The molecule has 2 aromatic carbocycles. The summed E-state index contributed by atoms with van der Waals surface area (Å²) >= 11 is 0. The Morgan fingerprint density at radius 2 is 1.83 bits per heavy atom. The predicted octanol–water partition coefficient (Wildman–Crippen LogP) is 4.16. The number of carbonyl (C=O) groups is 1. The molecule has 2 aliphatic rings. The number of hydrogen-bond donors (Lipinski definition) is 0. The van der Waals surface area contributed by atoms with Gasteiger partial charge in [0.25, 0.3) is 5.91 Å². The summed E-state index contributed by atoms with van der Waals surface area (Å²) in [6.45, 7) is 4.52. The highest BCUT2D eigenvalue weighted by molar-refractivity contribution is 6.05. The molecule has 2 aliphatic heterocycles. The third kappa shape index (κ3) is 4.85. The lowest BCUT2D eigenvalue weighted by molar-refractivity contribution is -0.114. The van der Waals surface area contributed by atoms with E-state index >= 15 is 0 Å². The first-order valence-electron chi connectivity index (χ1n) is 10.9. The van der Waals surface area contributed by atoms with Crippen LogP contribution in [0.1, 0.15) is 30.4 Å². The monoisotopic (exact) mass is 406 g/mol. The first kappa shape index (κ1) is 20.5. The van der Waals surface area contributed by atoms with Crippen LogP contribution < -0.4 is 14.4 Å². The molecule has 0 aliphatic carbocycles. The molecule has 2 aromatic rings. The minimum Gasteiger partial charge on any atom is -0.493 e. The molecule has 0 aromatic heterocycles. The molecule has 0 radical (unpaired) electrons. The fourth-order valence-corrected chi connectivity index (χ4v) is 4.19. The van der Waals surface area contributed by atoms with Gasteiger partial charge < -0.3 is 14.4 Å². The van der Waals surface area contributed by atoms with Gasteiger partial charge in [-0.2, -0.15) is 0 Å². The lowest BCUT2D eigenvalue weighted by Crippen LogP contribution is -2.33. The summed E-state index contributed by atoms with van der Waals surface area (Å²) in [6.07, 6.45) is 8.21. The van der Waals surface area contributed by atoms with E-state index in [1.54, 1.807) is 13.2 Å². The van der Waals surface area contributed by atoms with Gasteiger partial charge in [-0.1, -0.05) is 36.8 Å². The number of piperidine rings is 1. The maximum absolute atomic E-state index is 12.8. The highest BCUT2D eigenvalue weighted by atomic mass is 16.5. The van der Waals surface area contributed by atoms with Crippen molar-refractivity contribution in [1.82, 2.24) is 4.90 Å². The van der Waals surface area contributed by atoms with E-state index in [9.17, 15) is 4.79 Å². The number of benzene rings is 2. The Morgan fingerprint density at radius 3 is 2.60 bits per heavy atom. The van der Waals surface area contributed by atoms with Gasteiger partial charge in [-0.3, -0.25) is 9.69 Å². The molecular formula is C25H30N2O3. The van der Waals surface area contributed by atoms with Crippen LogP contribution in [0.25, 0.3) is 6.08 Å². The van der Waals surface area contributed by atoms with E-state index in [1.807, 2.05) is 53.4 Å². The zero-order valence-electron chi connectivity index (χ0n) is 17.7. The maximum Gasteiger partial charge on any atom is 0.251 e. The molecule has 1 saturated heterocycles. The van der Waals surface area contributed by atoms with Gasteiger partial charge in [0.15, 0.2) is 11.5 Å². The zero-order valence-corrected chi connectivity index (χ0v) is 17.7. The Morgan fingerprint density at radius 1 is 1.03 bits per heavy atom. The Bertz CT molecular complexity index is 889. The maximum atomic E-state index is 12.8. The molecule has 2 heterocycles. The molecule has 0 saturated carbocycles. The number of likely N-dealkylation sites (tertiary alicyclic amines) is 1. The van der Waals surface area contributed by atoms with E-state index in [-0.39, 0.29) is 5.91 Å². The highest BCUT2D eigenvalue weighted by Gasteiger charge is 2.26. The van der Waals surface area contributed by atoms with Crippen LogP contribution in [0.2, 0.25) is 0 Å². The third-order valence-electron chi connectivity index (χ3n) is 5.86. The van der Waals surface area contributed by atoms with Crippen LogP contribution in [-0.2, 0) is 11.2 Å². The number of anilines is 1. The minimum absolute atomic E-state index is 0.0120. The van der Waals surface area contributed by atoms with Gasteiger partial charge in [0.05, 0.1) is 12.8 Å². The second-order valence-corrected chi connectivity index (χ2v) is 7.87. The van der Waals surface area contributed by atoms with Crippen molar-refractivity contribution in [3.63, 3.8) is 0 Å². The number of carbonyl (C=O) groups excluding carboxylic acids is 1. The van der Waals surface area contributed by atoms with Crippen molar-refractivity contribution < 1.29 is 14.3 Å². The Labute approximate surface area is 178 Å². The quantitative estimate of drug-likeness (QED) is 0.648. The summed E-state index contributed by atoms with van der Waals surface area (Å²) in [6, 6.07) is 13.9. The van der Waals surface area contributed by atoms with E-state index in [2.05, 4.69) is 4.90 Å². The Hall–Kier alpha value is -2.79. The number of rotatable bonds is 7.